The largest absolute Gasteiger partial charge is 0.396 e. The lowest BCUT2D eigenvalue weighted by atomic mass is 10.1. The van der Waals surface area contributed by atoms with Crippen molar-refractivity contribution in [3.8, 4) is 0 Å². The molecule has 1 aromatic carbocycles. The van der Waals surface area contributed by atoms with Crippen molar-refractivity contribution in [1.29, 1.82) is 0 Å². The Kier molecular flexibility index (Phi) is 3.08. The molecule has 5 heteroatoms. The van der Waals surface area contributed by atoms with Crippen LogP contribution in [0.15, 0.2) is 18.2 Å². The lowest BCUT2D eigenvalue weighted by Crippen LogP contribution is -2.02. The van der Waals surface area contributed by atoms with Gasteiger partial charge in [0.25, 0.3) is 0 Å². The quantitative estimate of drug-likeness (QED) is 0.821. The highest BCUT2D eigenvalue weighted by molar-refractivity contribution is 5.42. The van der Waals surface area contributed by atoms with Crippen molar-refractivity contribution in [1.82, 2.24) is 14.8 Å². The van der Waals surface area contributed by atoms with Crippen LogP contribution in [-0.2, 0) is 19.9 Å². The molecular formula is C12H15FN4. The second kappa shape index (κ2) is 4.53. The van der Waals surface area contributed by atoms with Crippen molar-refractivity contribution in [2.24, 2.45) is 7.05 Å². The highest BCUT2D eigenvalue weighted by Gasteiger charge is 2.05. The summed E-state index contributed by atoms with van der Waals surface area (Å²) in [6.45, 7) is 1.86. The fraction of sp³-hybridized carbons (Fsp3) is 0.333. The summed E-state index contributed by atoms with van der Waals surface area (Å²) in [5.74, 6) is 1.31. The molecule has 0 bridgehead atoms. The Morgan fingerprint density at radius 2 is 2.12 bits per heavy atom. The monoisotopic (exact) mass is 234 g/mol. The van der Waals surface area contributed by atoms with Gasteiger partial charge in [-0.1, -0.05) is 6.07 Å². The molecule has 0 fully saturated rings. The first-order chi connectivity index (χ1) is 8.06. The number of benzene rings is 1. The number of rotatable bonds is 3. The maximum atomic E-state index is 13.0. The zero-order chi connectivity index (χ0) is 12.4. The summed E-state index contributed by atoms with van der Waals surface area (Å²) >= 11 is 0. The van der Waals surface area contributed by atoms with Crippen LogP contribution >= 0.6 is 0 Å². The summed E-state index contributed by atoms with van der Waals surface area (Å²) in [4.78, 5) is 4.31. The van der Waals surface area contributed by atoms with E-state index in [9.17, 15) is 4.39 Å². The van der Waals surface area contributed by atoms with Gasteiger partial charge in [0.2, 0.25) is 0 Å². The van der Waals surface area contributed by atoms with E-state index in [1.807, 2.05) is 14.0 Å². The highest BCUT2D eigenvalue weighted by atomic mass is 19.1. The van der Waals surface area contributed by atoms with Gasteiger partial charge >= 0.3 is 0 Å². The van der Waals surface area contributed by atoms with Gasteiger partial charge in [-0.2, -0.15) is 5.10 Å². The van der Waals surface area contributed by atoms with Gasteiger partial charge in [0.15, 0.2) is 0 Å². The summed E-state index contributed by atoms with van der Waals surface area (Å²) in [5.41, 5.74) is 6.71. The molecule has 2 rings (SSSR count). The minimum Gasteiger partial charge on any atom is -0.396 e. The average molecular weight is 234 g/mol. The topological polar surface area (TPSA) is 56.7 Å². The first-order valence-corrected chi connectivity index (χ1v) is 5.46. The smallest absolute Gasteiger partial charge is 0.147 e. The van der Waals surface area contributed by atoms with E-state index in [1.165, 1.54) is 6.07 Å². The Hall–Kier alpha value is -1.91. The van der Waals surface area contributed by atoms with Crippen molar-refractivity contribution in [3.05, 3.63) is 41.2 Å². The number of aromatic nitrogens is 3. The molecule has 0 aliphatic heterocycles. The zero-order valence-electron chi connectivity index (χ0n) is 9.94. The molecular weight excluding hydrogens is 219 g/mol. The summed E-state index contributed by atoms with van der Waals surface area (Å²) in [7, 11) is 1.87. The molecule has 0 atom stereocenters. The number of hydrogen-bond donors (Lipinski definition) is 1. The Bertz CT molecular complexity index is 533. The summed E-state index contributed by atoms with van der Waals surface area (Å²) < 4.78 is 14.7. The van der Waals surface area contributed by atoms with Crippen molar-refractivity contribution in [3.63, 3.8) is 0 Å². The van der Waals surface area contributed by atoms with Crippen LogP contribution in [0, 0.1) is 12.7 Å². The lowest BCUT2D eigenvalue weighted by molar-refractivity contribution is 0.631. The van der Waals surface area contributed by atoms with Crippen LogP contribution in [0.1, 0.15) is 17.2 Å². The van der Waals surface area contributed by atoms with Gasteiger partial charge in [-0.3, -0.25) is 4.68 Å². The summed E-state index contributed by atoms with van der Waals surface area (Å²) in [6.07, 6.45) is 1.54. The standard InChI is InChI=1S/C12H15FN4/c1-8-15-12(17(2)16-8)6-4-9-3-5-10(13)11(14)7-9/h3,5,7H,4,6,14H2,1-2H3. The van der Waals surface area contributed by atoms with Gasteiger partial charge in [-0.25, -0.2) is 9.37 Å². The minimum absolute atomic E-state index is 0.191. The SMILES string of the molecule is Cc1nc(CCc2ccc(F)c(N)c2)n(C)n1. The Balaban J connectivity index is 2.07. The van der Waals surface area contributed by atoms with Crippen LogP contribution in [0.5, 0.6) is 0 Å². The molecule has 1 aromatic heterocycles. The van der Waals surface area contributed by atoms with E-state index >= 15 is 0 Å². The van der Waals surface area contributed by atoms with Gasteiger partial charge in [-0.05, 0) is 31.0 Å². The molecule has 0 saturated heterocycles. The van der Waals surface area contributed by atoms with E-state index in [2.05, 4.69) is 10.1 Å². The highest BCUT2D eigenvalue weighted by Crippen LogP contribution is 2.13. The third-order valence-corrected chi connectivity index (χ3v) is 2.66. The van der Waals surface area contributed by atoms with Gasteiger partial charge in [0.1, 0.15) is 17.5 Å². The van der Waals surface area contributed by atoms with Crippen molar-refractivity contribution in [2.45, 2.75) is 19.8 Å². The van der Waals surface area contributed by atoms with E-state index in [-0.39, 0.29) is 11.5 Å². The van der Waals surface area contributed by atoms with Gasteiger partial charge in [0.05, 0.1) is 5.69 Å². The number of nitrogen functional groups attached to an aromatic ring is 1. The summed E-state index contributed by atoms with van der Waals surface area (Å²) in [6, 6.07) is 4.81. The van der Waals surface area contributed by atoms with Gasteiger partial charge in [-0.15, -0.1) is 0 Å². The minimum atomic E-state index is -0.372. The van der Waals surface area contributed by atoms with Crippen molar-refractivity contribution in [2.75, 3.05) is 5.73 Å². The number of aryl methyl sites for hydroxylation is 4. The molecule has 0 aliphatic rings. The normalized spacial score (nSPS) is 10.8. The first-order valence-electron chi connectivity index (χ1n) is 5.46. The van der Waals surface area contributed by atoms with Crippen molar-refractivity contribution < 1.29 is 4.39 Å². The van der Waals surface area contributed by atoms with Crippen LogP contribution in [-0.4, -0.2) is 14.8 Å². The number of nitrogens with two attached hydrogens (primary N) is 1. The van der Waals surface area contributed by atoms with Crippen molar-refractivity contribution >= 4 is 5.69 Å². The molecule has 2 N–H and O–H groups in total. The lowest BCUT2D eigenvalue weighted by Gasteiger charge is -2.03. The third kappa shape index (κ3) is 2.61. The van der Waals surface area contributed by atoms with E-state index in [1.54, 1.807) is 16.8 Å². The predicted octanol–water partition coefficient (Wildman–Crippen LogP) is 1.63. The van der Waals surface area contributed by atoms with Crippen LogP contribution < -0.4 is 5.73 Å². The molecule has 90 valence electrons. The number of nitrogens with zero attached hydrogens (tertiary/aromatic N) is 3. The third-order valence-electron chi connectivity index (χ3n) is 2.66. The second-order valence-electron chi connectivity index (χ2n) is 4.05. The number of anilines is 1. The fourth-order valence-electron chi connectivity index (χ4n) is 1.78. The summed E-state index contributed by atoms with van der Waals surface area (Å²) in [5, 5.41) is 4.18. The maximum Gasteiger partial charge on any atom is 0.147 e. The van der Waals surface area contributed by atoms with E-state index in [4.69, 9.17) is 5.73 Å². The molecule has 4 nitrogen and oxygen atoms in total. The zero-order valence-corrected chi connectivity index (χ0v) is 9.94. The fourth-order valence-corrected chi connectivity index (χ4v) is 1.78. The molecule has 0 aliphatic carbocycles. The molecule has 0 unspecified atom stereocenters. The Morgan fingerprint density at radius 3 is 2.71 bits per heavy atom. The van der Waals surface area contributed by atoms with Crippen LogP contribution in [0.3, 0.4) is 0 Å². The van der Waals surface area contributed by atoms with Crippen LogP contribution in [0.2, 0.25) is 0 Å². The molecule has 0 saturated carbocycles. The molecule has 17 heavy (non-hydrogen) atoms. The Labute approximate surface area is 99.3 Å². The molecule has 0 radical (unpaired) electrons. The predicted molar refractivity (Wildman–Crippen MR) is 64.0 cm³/mol. The van der Waals surface area contributed by atoms with E-state index in [0.29, 0.717) is 0 Å². The van der Waals surface area contributed by atoms with E-state index in [0.717, 1.165) is 30.1 Å². The first kappa shape index (κ1) is 11.6. The molecule has 1 heterocycles. The van der Waals surface area contributed by atoms with Crippen LogP contribution in [0.4, 0.5) is 10.1 Å². The number of halogens is 1. The van der Waals surface area contributed by atoms with Gasteiger partial charge in [0, 0.05) is 13.5 Å². The average Bonchev–Trinajstić information content (AvgIpc) is 2.59. The molecule has 0 spiro atoms. The molecule has 2 aromatic rings. The van der Waals surface area contributed by atoms with Gasteiger partial charge < -0.3 is 5.73 Å². The number of hydrogen-bond acceptors (Lipinski definition) is 3. The molecule has 0 amide bonds. The Morgan fingerprint density at radius 1 is 1.35 bits per heavy atom. The van der Waals surface area contributed by atoms with Crippen LogP contribution in [0.25, 0.3) is 0 Å². The second-order valence-corrected chi connectivity index (χ2v) is 4.05. The van der Waals surface area contributed by atoms with E-state index < -0.39 is 0 Å². The maximum absolute atomic E-state index is 13.0.